The van der Waals surface area contributed by atoms with E-state index < -0.39 is 31.2 Å². The number of rotatable bonds is 9. The first-order chi connectivity index (χ1) is 19.6. The molecule has 1 aromatic carbocycles. The van der Waals surface area contributed by atoms with Crippen LogP contribution in [0.4, 0.5) is 5.69 Å². The maximum absolute atomic E-state index is 13.8. The number of fused-ring (bicyclic) bond motifs is 2. The molecule has 0 bridgehead atoms. The van der Waals surface area contributed by atoms with Crippen molar-refractivity contribution in [3.63, 3.8) is 0 Å². The number of hydrogen-bond acceptors (Lipinski definition) is 9. The first kappa shape index (κ1) is 30.1. The number of aliphatic hydroxyl groups is 1. The van der Waals surface area contributed by atoms with Gasteiger partial charge in [-0.1, -0.05) is 27.7 Å². The van der Waals surface area contributed by atoms with Crippen molar-refractivity contribution < 1.29 is 28.8 Å². The number of aliphatic hydroxyl groups excluding tert-OH is 1. The van der Waals surface area contributed by atoms with Gasteiger partial charge >= 0.3 is 5.97 Å². The summed E-state index contributed by atoms with van der Waals surface area (Å²) in [5.74, 6) is -1.87. The minimum atomic E-state index is -2.14. The third-order valence-electron chi connectivity index (χ3n) is 8.87. The number of β-lactam (4-membered cyclic amide) rings is 1. The summed E-state index contributed by atoms with van der Waals surface area (Å²) in [5, 5.41) is 21.4. The second-order valence-corrected chi connectivity index (χ2v) is 18.4. The van der Waals surface area contributed by atoms with Gasteiger partial charge in [-0.15, -0.1) is 11.3 Å². The third kappa shape index (κ3) is 4.97. The molecule has 1 N–H and O–H groups in total. The summed E-state index contributed by atoms with van der Waals surface area (Å²) in [6, 6.07) is 5.38. The van der Waals surface area contributed by atoms with Crippen molar-refractivity contribution in [2.75, 3.05) is 0 Å². The third-order valence-corrected chi connectivity index (χ3v) is 14.5. The molecule has 1 fully saturated rings. The van der Waals surface area contributed by atoms with Crippen LogP contribution in [0.15, 0.2) is 42.5 Å². The van der Waals surface area contributed by atoms with Gasteiger partial charge in [0, 0.05) is 23.6 Å². The Morgan fingerprint density at radius 1 is 1.24 bits per heavy atom. The quantitative estimate of drug-likeness (QED) is 0.115. The minimum Gasteiger partial charge on any atom is -0.456 e. The summed E-state index contributed by atoms with van der Waals surface area (Å²) in [6.07, 6.45) is 2.61. The molecule has 1 amide bonds. The highest BCUT2D eigenvalue weighted by atomic mass is 32.1. The fourth-order valence-corrected chi connectivity index (χ4v) is 7.61. The van der Waals surface area contributed by atoms with Crippen molar-refractivity contribution in [3.8, 4) is 0 Å². The summed E-state index contributed by atoms with van der Waals surface area (Å²) in [5.41, 5.74) is 2.22. The van der Waals surface area contributed by atoms with Gasteiger partial charge in [0.2, 0.25) is 5.91 Å². The van der Waals surface area contributed by atoms with Crippen LogP contribution in [-0.4, -0.2) is 56.7 Å². The number of benzene rings is 1. The molecule has 2 aliphatic rings. The Morgan fingerprint density at radius 3 is 2.50 bits per heavy atom. The minimum absolute atomic E-state index is 0.00823. The zero-order valence-electron chi connectivity index (χ0n) is 24.8. The lowest BCUT2D eigenvalue weighted by atomic mass is 9.77. The number of nitro benzene ring substituents is 1. The van der Waals surface area contributed by atoms with Gasteiger partial charge in [-0.2, -0.15) is 0 Å². The predicted molar refractivity (Wildman–Crippen MR) is 160 cm³/mol. The van der Waals surface area contributed by atoms with Gasteiger partial charge in [-0.25, -0.2) is 9.78 Å². The zero-order chi connectivity index (χ0) is 30.7. The van der Waals surface area contributed by atoms with E-state index in [0.29, 0.717) is 17.7 Å². The predicted octanol–water partition coefficient (Wildman–Crippen LogP) is 5.14. The van der Waals surface area contributed by atoms with Crippen LogP contribution in [0.2, 0.25) is 18.1 Å². The lowest BCUT2D eigenvalue weighted by Gasteiger charge is -2.46. The number of imidazole rings is 1. The maximum atomic E-state index is 13.8. The average molecular weight is 613 g/mol. The van der Waals surface area contributed by atoms with Crippen molar-refractivity contribution in [3.05, 3.63) is 68.7 Å². The highest BCUT2D eigenvalue weighted by Crippen LogP contribution is 2.53. The van der Waals surface area contributed by atoms with E-state index in [1.165, 1.54) is 40.5 Å². The number of non-ortho nitro benzene ring substituents is 1. The molecule has 2 aliphatic heterocycles. The van der Waals surface area contributed by atoms with Gasteiger partial charge < -0.3 is 19.2 Å². The topological polar surface area (TPSA) is 137 Å². The largest absolute Gasteiger partial charge is 0.456 e. The Labute approximate surface area is 249 Å². The number of carbonyl (C=O) groups excluding carboxylic acids is 2. The van der Waals surface area contributed by atoms with E-state index in [-0.39, 0.29) is 40.9 Å². The van der Waals surface area contributed by atoms with Gasteiger partial charge in [0.15, 0.2) is 8.32 Å². The van der Waals surface area contributed by atoms with Crippen LogP contribution in [0.1, 0.15) is 50.8 Å². The van der Waals surface area contributed by atoms with E-state index in [9.17, 15) is 24.8 Å². The lowest BCUT2D eigenvalue weighted by molar-refractivity contribution is -0.384. The van der Waals surface area contributed by atoms with Crippen molar-refractivity contribution in [1.29, 1.82) is 0 Å². The van der Waals surface area contributed by atoms with E-state index >= 15 is 0 Å². The molecule has 1 saturated heterocycles. The molecule has 42 heavy (non-hydrogen) atoms. The highest BCUT2D eigenvalue weighted by Gasteiger charge is 2.60. The summed E-state index contributed by atoms with van der Waals surface area (Å²) in [4.78, 5) is 45.1. The molecule has 0 saturated carbocycles. The lowest BCUT2D eigenvalue weighted by Crippen LogP contribution is -2.63. The van der Waals surface area contributed by atoms with E-state index in [4.69, 9.17) is 9.16 Å². The number of hydrogen-bond donors (Lipinski definition) is 1. The van der Waals surface area contributed by atoms with Gasteiger partial charge in [0.05, 0.1) is 46.4 Å². The zero-order valence-corrected chi connectivity index (χ0v) is 26.6. The van der Waals surface area contributed by atoms with Gasteiger partial charge in [-0.05, 0) is 42.8 Å². The number of carbonyl (C=O) groups is 2. The summed E-state index contributed by atoms with van der Waals surface area (Å²) in [7, 11) is -2.14. The monoisotopic (exact) mass is 612 g/mol. The standard InChI is InChI=1S/C29H36N4O7SSi/c1-16-22(26-20(31-15-30-12-21(31)41-26)14-40-42(6,7)29(3,4)5)25(32-24(16)23(17(2)34)27(32)35)28(36)39-13-18-8-10-19(11-9-18)33(37)38/h8-12,15-17,23-24,34H,13-14H2,1-7H3/t16-,17+,23+,24+/m0/s1. The fourth-order valence-electron chi connectivity index (χ4n) is 5.43. The first-order valence-electron chi connectivity index (χ1n) is 13.9. The van der Waals surface area contributed by atoms with E-state index in [1.54, 1.807) is 19.4 Å². The molecular weight excluding hydrogens is 576 g/mol. The van der Waals surface area contributed by atoms with Crippen molar-refractivity contribution in [2.45, 2.75) is 78.1 Å². The van der Waals surface area contributed by atoms with Crippen LogP contribution in [0.5, 0.6) is 0 Å². The van der Waals surface area contributed by atoms with Crippen LogP contribution in [0.25, 0.3) is 10.4 Å². The number of esters is 1. The fraction of sp³-hybridized carbons (Fsp3) is 0.483. The first-order valence-corrected chi connectivity index (χ1v) is 17.6. The molecule has 0 aliphatic carbocycles. The van der Waals surface area contributed by atoms with Crippen molar-refractivity contribution >= 4 is 47.6 Å². The van der Waals surface area contributed by atoms with Crippen LogP contribution >= 0.6 is 11.3 Å². The summed E-state index contributed by atoms with van der Waals surface area (Å²) in [6.45, 7) is 14.6. The molecule has 224 valence electrons. The second-order valence-electron chi connectivity index (χ2n) is 12.5. The molecule has 11 nitrogen and oxygen atoms in total. The maximum Gasteiger partial charge on any atom is 0.355 e. The SMILES string of the molecule is C[C@@H](O)[C@H]1C(=O)N2C(C(=O)OCc3ccc([N+](=O)[O-])cc3)=C(c3sc4cncn4c3CO[Si](C)(C)C(C)(C)C)[C@H](C)[C@H]12. The Kier molecular flexibility index (Phi) is 7.67. The normalized spacial score (nSPS) is 21.5. The Bertz CT molecular complexity index is 1590. The Hall–Kier alpha value is -3.39. The van der Waals surface area contributed by atoms with E-state index in [1.807, 2.05) is 11.3 Å². The molecule has 0 radical (unpaired) electrons. The van der Waals surface area contributed by atoms with Crippen molar-refractivity contribution in [1.82, 2.24) is 14.3 Å². The van der Waals surface area contributed by atoms with Crippen molar-refractivity contribution in [2.24, 2.45) is 11.8 Å². The van der Waals surface area contributed by atoms with Gasteiger partial charge in [0.1, 0.15) is 23.5 Å². The molecule has 3 aromatic rings. The van der Waals surface area contributed by atoms with Crippen LogP contribution < -0.4 is 0 Å². The van der Waals surface area contributed by atoms with Gasteiger partial charge in [-0.3, -0.25) is 19.3 Å². The molecule has 4 atom stereocenters. The Morgan fingerprint density at radius 2 is 1.90 bits per heavy atom. The van der Waals surface area contributed by atoms with Crippen LogP contribution in [0.3, 0.4) is 0 Å². The number of thiazole rings is 1. The van der Waals surface area contributed by atoms with Gasteiger partial charge in [0.25, 0.3) is 5.69 Å². The smallest absolute Gasteiger partial charge is 0.355 e. The molecule has 2 aromatic heterocycles. The molecule has 0 unspecified atom stereocenters. The number of ether oxygens (including phenoxy) is 1. The second kappa shape index (κ2) is 10.7. The Balaban J connectivity index is 1.55. The molecule has 4 heterocycles. The molecule has 13 heteroatoms. The van der Waals surface area contributed by atoms with Crippen LogP contribution in [0, 0.1) is 22.0 Å². The summed E-state index contributed by atoms with van der Waals surface area (Å²) >= 11 is 1.48. The van der Waals surface area contributed by atoms with E-state index in [0.717, 1.165) is 15.4 Å². The molecule has 5 rings (SSSR count). The van der Waals surface area contributed by atoms with Crippen LogP contribution in [-0.2, 0) is 32.0 Å². The number of amides is 1. The molecular formula is C29H36N4O7SSi. The number of nitro groups is 1. The van der Waals surface area contributed by atoms with E-state index in [2.05, 4.69) is 38.8 Å². The highest BCUT2D eigenvalue weighted by molar-refractivity contribution is 7.18. The average Bonchev–Trinajstić information content (AvgIpc) is 3.56. The number of aromatic nitrogens is 2. The summed E-state index contributed by atoms with van der Waals surface area (Å²) < 4.78 is 14.3. The molecule has 0 spiro atoms. The number of nitrogens with zero attached hydrogens (tertiary/aromatic N) is 4.